The van der Waals surface area contributed by atoms with Crippen LogP contribution in [0.15, 0.2) is 29.2 Å². The zero-order valence-electron chi connectivity index (χ0n) is 13.7. The van der Waals surface area contributed by atoms with Crippen molar-refractivity contribution in [1.82, 2.24) is 20.9 Å². The SMILES string of the molecule is O=C(NC1CCCCC1)NS(=O)(=O)c1cccc(C2(C(F)(F)F)NN2)c1. The Morgan fingerprint density at radius 3 is 2.38 bits per heavy atom. The molecule has 0 bridgehead atoms. The fraction of sp³-hybridized carbons (Fsp3) is 0.533. The standard InChI is InChI=1S/C15H19F3N4O3S/c16-15(17,18)14(21-22-14)10-5-4-8-12(9-10)26(24,25)20-13(23)19-11-6-2-1-3-7-11/h4-5,8-9,11,21-22H,1-3,6-7H2,(H2,19,20,23). The van der Waals surface area contributed by atoms with Crippen molar-refractivity contribution in [3.63, 3.8) is 0 Å². The first-order valence-corrected chi connectivity index (χ1v) is 9.67. The first kappa shape index (κ1) is 18.9. The van der Waals surface area contributed by atoms with Gasteiger partial charge in [0.15, 0.2) is 0 Å². The van der Waals surface area contributed by atoms with Gasteiger partial charge in [-0.15, -0.1) is 0 Å². The van der Waals surface area contributed by atoms with Crippen molar-refractivity contribution in [2.75, 3.05) is 0 Å². The maximum atomic E-state index is 13.1. The fourth-order valence-electron chi connectivity index (χ4n) is 3.05. The van der Waals surface area contributed by atoms with Crippen molar-refractivity contribution in [2.24, 2.45) is 0 Å². The van der Waals surface area contributed by atoms with Gasteiger partial charge in [-0.25, -0.2) is 28.8 Å². The highest BCUT2D eigenvalue weighted by atomic mass is 32.2. The zero-order valence-corrected chi connectivity index (χ0v) is 14.5. The molecule has 1 saturated heterocycles. The van der Waals surface area contributed by atoms with Crippen LogP contribution in [0.1, 0.15) is 37.7 Å². The van der Waals surface area contributed by atoms with Crippen LogP contribution in [-0.2, 0) is 15.7 Å². The Bertz CT molecular complexity index is 788. The first-order valence-electron chi connectivity index (χ1n) is 8.19. The van der Waals surface area contributed by atoms with E-state index in [0.29, 0.717) is 0 Å². The monoisotopic (exact) mass is 392 g/mol. The highest BCUT2D eigenvalue weighted by molar-refractivity contribution is 7.90. The molecule has 26 heavy (non-hydrogen) atoms. The van der Waals surface area contributed by atoms with E-state index in [1.807, 2.05) is 15.6 Å². The highest BCUT2D eigenvalue weighted by Crippen LogP contribution is 2.42. The number of carbonyl (C=O) groups excluding carboxylic acids is 1. The molecule has 2 amide bonds. The average molecular weight is 392 g/mol. The van der Waals surface area contributed by atoms with E-state index >= 15 is 0 Å². The van der Waals surface area contributed by atoms with Crippen LogP contribution in [-0.4, -0.2) is 26.7 Å². The molecule has 3 rings (SSSR count). The fourth-order valence-corrected chi connectivity index (χ4v) is 4.01. The Kier molecular flexibility index (Phi) is 4.88. The summed E-state index contributed by atoms with van der Waals surface area (Å²) in [5, 5.41) is 2.59. The third-order valence-electron chi connectivity index (χ3n) is 4.55. The number of rotatable bonds is 4. The summed E-state index contributed by atoms with van der Waals surface area (Å²) in [6, 6.07) is 3.39. The van der Waals surface area contributed by atoms with Gasteiger partial charge in [0.1, 0.15) is 0 Å². The van der Waals surface area contributed by atoms with E-state index in [-0.39, 0.29) is 11.6 Å². The molecule has 11 heteroatoms. The zero-order chi connectivity index (χ0) is 19.0. The molecule has 1 aliphatic carbocycles. The average Bonchev–Trinajstić information content (AvgIpc) is 3.37. The van der Waals surface area contributed by atoms with Crippen molar-refractivity contribution >= 4 is 16.1 Å². The number of halogens is 3. The minimum atomic E-state index is -4.65. The minimum Gasteiger partial charge on any atom is -0.335 e. The molecule has 1 heterocycles. The lowest BCUT2D eigenvalue weighted by molar-refractivity contribution is -0.165. The number of hydrazine groups is 1. The van der Waals surface area contributed by atoms with Gasteiger partial charge in [-0.1, -0.05) is 31.4 Å². The predicted octanol–water partition coefficient (Wildman–Crippen LogP) is 1.83. The van der Waals surface area contributed by atoms with Crippen molar-refractivity contribution in [2.45, 2.75) is 54.9 Å². The second kappa shape index (κ2) is 6.71. The summed E-state index contributed by atoms with van der Waals surface area (Å²) in [4.78, 5) is 11.5. The molecule has 1 aromatic carbocycles. The van der Waals surface area contributed by atoms with Gasteiger partial charge in [0.2, 0.25) is 5.66 Å². The molecule has 2 aliphatic rings. The number of amides is 2. The number of urea groups is 1. The van der Waals surface area contributed by atoms with Gasteiger partial charge in [-0.05, 0) is 30.5 Å². The Balaban J connectivity index is 1.73. The Morgan fingerprint density at radius 1 is 1.15 bits per heavy atom. The lowest BCUT2D eigenvalue weighted by atomic mass is 9.96. The number of alkyl halides is 3. The van der Waals surface area contributed by atoms with E-state index in [1.165, 1.54) is 6.07 Å². The van der Waals surface area contributed by atoms with Crippen LogP contribution in [0, 0.1) is 0 Å². The van der Waals surface area contributed by atoms with E-state index in [9.17, 15) is 26.4 Å². The summed E-state index contributed by atoms with van der Waals surface area (Å²) < 4.78 is 65.9. The summed E-state index contributed by atoms with van der Waals surface area (Å²) in [7, 11) is -4.30. The summed E-state index contributed by atoms with van der Waals surface area (Å²) in [5.74, 6) is 0. The van der Waals surface area contributed by atoms with Gasteiger partial charge < -0.3 is 5.32 Å². The highest BCUT2D eigenvalue weighted by Gasteiger charge is 2.65. The number of hydrogen-bond acceptors (Lipinski definition) is 5. The van der Waals surface area contributed by atoms with E-state index in [0.717, 1.165) is 50.3 Å². The second-order valence-corrected chi connectivity index (χ2v) is 8.12. The summed E-state index contributed by atoms with van der Waals surface area (Å²) >= 11 is 0. The van der Waals surface area contributed by atoms with E-state index in [1.54, 1.807) is 0 Å². The molecule has 0 radical (unpaired) electrons. The number of sulfonamides is 1. The number of hydrogen-bond donors (Lipinski definition) is 4. The number of nitrogens with one attached hydrogen (secondary N) is 4. The van der Waals surface area contributed by atoms with Gasteiger partial charge in [0, 0.05) is 6.04 Å². The lowest BCUT2D eigenvalue weighted by Crippen LogP contribution is -2.45. The molecular formula is C15H19F3N4O3S. The maximum Gasteiger partial charge on any atom is 0.426 e. The number of carbonyl (C=O) groups is 1. The van der Waals surface area contributed by atoms with Crippen molar-refractivity contribution in [1.29, 1.82) is 0 Å². The molecule has 0 aromatic heterocycles. The molecule has 7 nitrogen and oxygen atoms in total. The van der Waals surface area contributed by atoms with Crippen LogP contribution in [0.2, 0.25) is 0 Å². The number of benzene rings is 1. The van der Waals surface area contributed by atoms with Gasteiger partial charge in [0.05, 0.1) is 4.90 Å². The van der Waals surface area contributed by atoms with Gasteiger partial charge in [0.25, 0.3) is 10.0 Å². The Labute approximate surface area is 148 Å². The molecule has 2 fully saturated rings. The molecule has 1 aromatic rings. The first-order chi connectivity index (χ1) is 12.1. The summed E-state index contributed by atoms with van der Waals surface area (Å²) in [6.45, 7) is 0. The van der Waals surface area contributed by atoms with Crippen LogP contribution in [0.25, 0.3) is 0 Å². The molecular weight excluding hydrogens is 373 g/mol. The topological polar surface area (TPSA) is 119 Å². The van der Waals surface area contributed by atoms with Crippen molar-refractivity contribution in [3.8, 4) is 0 Å². The summed E-state index contributed by atoms with van der Waals surface area (Å²) in [5.41, 5.74) is 1.24. The quantitative estimate of drug-likeness (QED) is 0.583. The van der Waals surface area contributed by atoms with Crippen LogP contribution in [0.4, 0.5) is 18.0 Å². The molecule has 0 unspecified atom stereocenters. The molecule has 144 valence electrons. The maximum absolute atomic E-state index is 13.1. The predicted molar refractivity (Wildman–Crippen MR) is 86.2 cm³/mol. The second-order valence-electron chi connectivity index (χ2n) is 6.44. The molecule has 0 spiro atoms. The van der Waals surface area contributed by atoms with Crippen LogP contribution in [0.3, 0.4) is 0 Å². The summed E-state index contributed by atoms with van der Waals surface area (Å²) in [6.07, 6.45) is -0.115. The van der Waals surface area contributed by atoms with E-state index in [4.69, 9.17) is 0 Å². The van der Waals surface area contributed by atoms with E-state index in [2.05, 4.69) is 5.32 Å². The molecule has 0 atom stereocenters. The largest absolute Gasteiger partial charge is 0.426 e. The minimum absolute atomic E-state index is 0.0985. The Morgan fingerprint density at radius 2 is 1.81 bits per heavy atom. The van der Waals surface area contributed by atoms with Crippen LogP contribution in [0.5, 0.6) is 0 Å². The van der Waals surface area contributed by atoms with E-state index < -0.39 is 32.8 Å². The molecule has 4 N–H and O–H groups in total. The van der Waals surface area contributed by atoms with Crippen molar-refractivity contribution < 1.29 is 26.4 Å². The van der Waals surface area contributed by atoms with Crippen molar-refractivity contribution in [3.05, 3.63) is 29.8 Å². The third kappa shape index (κ3) is 3.79. The Hall–Kier alpha value is -1.85. The molecule has 1 saturated carbocycles. The van der Waals surface area contributed by atoms with Gasteiger partial charge >= 0.3 is 12.2 Å². The smallest absolute Gasteiger partial charge is 0.335 e. The van der Waals surface area contributed by atoms with Crippen LogP contribution < -0.4 is 20.9 Å². The van der Waals surface area contributed by atoms with Crippen LogP contribution >= 0.6 is 0 Å². The molecule has 1 aliphatic heterocycles. The van der Waals surface area contributed by atoms with Gasteiger partial charge in [-0.3, -0.25) is 0 Å². The normalized spacial score (nSPS) is 20.4. The van der Waals surface area contributed by atoms with Gasteiger partial charge in [-0.2, -0.15) is 13.2 Å². The lowest BCUT2D eigenvalue weighted by Gasteiger charge is -2.22. The third-order valence-corrected chi connectivity index (χ3v) is 5.87.